The number of carbonyl (C=O) groups is 2. The van der Waals surface area contributed by atoms with E-state index in [0.29, 0.717) is 0 Å². The van der Waals surface area contributed by atoms with Gasteiger partial charge in [-0.05, 0) is 24.1 Å². The number of hydrogen-bond acceptors (Lipinski definition) is 5. The van der Waals surface area contributed by atoms with Crippen LogP contribution in [0.4, 0.5) is 33.3 Å². The molecule has 12 heteroatoms. The number of morpholine rings is 1. The van der Waals surface area contributed by atoms with Gasteiger partial charge in [0.2, 0.25) is 5.91 Å². The van der Waals surface area contributed by atoms with Crippen LogP contribution in [0.15, 0.2) is 18.2 Å². The van der Waals surface area contributed by atoms with Crippen molar-refractivity contribution < 1.29 is 36.3 Å². The number of anilines is 2. The number of nitrogens with zero attached hydrogens (tertiary/aromatic N) is 2. The number of alkyl halides is 5. The maximum atomic E-state index is 13.7. The summed E-state index contributed by atoms with van der Waals surface area (Å²) in [6, 6.07) is 2.27. The molecule has 32 heavy (non-hydrogen) atoms. The Hall–Kier alpha value is -2.31. The van der Waals surface area contributed by atoms with Crippen LogP contribution in [0.1, 0.15) is 25.8 Å². The molecule has 7 nitrogen and oxygen atoms in total. The minimum Gasteiger partial charge on any atom is -0.370 e. The summed E-state index contributed by atoms with van der Waals surface area (Å²) in [5, 5.41) is 2.38. The molecule has 0 aliphatic carbocycles. The fourth-order valence-corrected chi connectivity index (χ4v) is 3.47. The van der Waals surface area contributed by atoms with Gasteiger partial charge in [0.25, 0.3) is 12.3 Å². The Morgan fingerprint density at radius 3 is 2.53 bits per heavy atom. The van der Waals surface area contributed by atoms with Gasteiger partial charge in [-0.3, -0.25) is 14.5 Å². The third kappa shape index (κ3) is 7.10. The van der Waals surface area contributed by atoms with Gasteiger partial charge in [-0.1, -0.05) is 13.8 Å². The van der Waals surface area contributed by atoms with E-state index in [4.69, 9.17) is 10.5 Å². The summed E-state index contributed by atoms with van der Waals surface area (Å²) < 4.78 is 71.3. The zero-order valence-electron chi connectivity index (χ0n) is 17.8. The van der Waals surface area contributed by atoms with Crippen LogP contribution in [0.2, 0.25) is 0 Å². The minimum atomic E-state index is -4.54. The van der Waals surface area contributed by atoms with Gasteiger partial charge in [0.1, 0.15) is 12.6 Å². The van der Waals surface area contributed by atoms with E-state index in [1.54, 1.807) is 13.8 Å². The molecule has 3 N–H and O–H groups in total. The predicted molar refractivity (Wildman–Crippen MR) is 109 cm³/mol. The molecule has 1 saturated heterocycles. The molecular formula is C20H27F5N4O3. The van der Waals surface area contributed by atoms with Crippen molar-refractivity contribution in [2.75, 3.05) is 49.6 Å². The van der Waals surface area contributed by atoms with Crippen molar-refractivity contribution in [2.24, 2.45) is 11.7 Å². The van der Waals surface area contributed by atoms with Crippen molar-refractivity contribution >= 4 is 23.2 Å². The molecule has 0 aromatic heterocycles. The van der Waals surface area contributed by atoms with Crippen molar-refractivity contribution in [1.82, 2.24) is 4.90 Å². The van der Waals surface area contributed by atoms with Crippen LogP contribution in [-0.2, 0) is 14.3 Å². The van der Waals surface area contributed by atoms with Gasteiger partial charge in [-0.2, -0.15) is 13.2 Å². The van der Waals surface area contributed by atoms with Crippen LogP contribution in [0.3, 0.4) is 0 Å². The van der Waals surface area contributed by atoms with E-state index in [9.17, 15) is 31.5 Å². The van der Waals surface area contributed by atoms with Crippen LogP contribution in [0, 0.1) is 5.92 Å². The maximum Gasteiger partial charge on any atom is 0.401 e. The summed E-state index contributed by atoms with van der Waals surface area (Å²) in [7, 11) is 0. The molecule has 180 valence electrons. The zero-order chi connectivity index (χ0) is 24.1. The Balaban J connectivity index is 2.26. The number of amides is 2. The molecule has 1 aliphatic heterocycles. The van der Waals surface area contributed by atoms with Gasteiger partial charge in [0.15, 0.2) is 0 Å². The van der Waals surface area contributed by atoms with Crippen molar-refractivity contribution in [3.63, 3.8) is 0 Å². The highest BCUT2D eigenvalue weighted by Gasteiger charge is 2.36. The second kappa shape index (κ2) is 11.0. The fourth-order valence-electron chi connectivity index (χ4n) is 3.47. The van der Waals surface area contributed by atoms with Crippen LogP contribution < -0.4 is 16.0 Å². The smallest absolute Gasteiger partial charge is 0.370 e. The Morgan fingerprint density at radius 2 is 2.00 bits per heavy atom. The molecule has 1 aliphatic rings. The number of rotatable bonds is 9. The Labute approximate surface area is 182 Å². The molecule has 0 spiro atoms. The average molecular weight is 466 g/mol. The lowest BCUT2D eigenvalue weighted by Crippen LogP contribution is -2.52. The number of nitrogens with two attached hydrogens (primary N) is 1. The summed E-state index contributed by atoms with van der Waals surface area (Å²) >= 11 is 0. The molecule has 2 rings (SSSR count). The molecule has 1 aromatic carbocycles. The molecule has 0 saturated carbocycles. The van der Waals surface area contributed by atoms with Gasteiger partial charge >= 0.3 is 6.18 Å². The van der Waals surface area contributed by atoms with Crippen molar-refractivity contribution in [2.45, 2.75) is 32.5 Å². The second-order valence-electron chi connectivity index (χ2n) is 7.85. The number of hydrogen-bond donors (Lipinski definition) is 2. The first-order chi connectivity index (χ1) is 14.9. The fraction of sp³-hybridized carbons (Fsp3) is 0.600. The minimum absolute atomic E-state index is 0.0137. The van der Waals surface area contributed by atoms with Crippen LogP contribution in [0.25, 0.3) is 0 Å². The quantitative estimate of drug-likeness (QED) is 0.547. The predicted octanol–water partition coefficient (Wildman–Crippen LogP) is 2.77. The van der Waals surface area contributed by atoms with Crippen LogP contribution in [-0.4, -0.2) is 68.3 Å². The molecule has 1 heterocycles. The standard InChI is InChI=1S/C20H27F5N4O3/c1-12(2)9-28(11-20(23,24)25)16(8-26)19(31)27-13-3-4-15(14(7-13)18(21)22)29-5-6-32-10-17(29)30/h3-4,7,12,16,18H,5-6,8-11,26H2,1-2H3,(H,27,31)/t16-/m0/s1. The largest absolute Gasteiger partial charge is 0.401 e. The van der Waals surface area contributed by atoms with E-state index in [1.807, 2.05) is 0 Å². The van der Waals surface area contributed by atoms with Crippen molar-refractivity contribution in [3.8, 4) is 0 Å². The highest BCUT2D eigenvalue weighted by Crippen LogP contribution is 2.33. The summed E-state index contributed by atoms with van der Waals surface area (Å²) in [5.74, 6) is -1.49. The first kappa shape index (κ1) is 25.9. The number of nitrogens with one attached hydrogen (secondary N) is 1. The second-order valence-corrected chi connectivity index (χ2v) is 7.85. The highest BCUT2D eigenvalue weighted by atomic mass is 19.4. The highest BCUT2D eigenvalue weighted by molar-refractivity contribution is 5.97. The lowest BCUT2D eigenvalue weighted by Gasteiger charge is -2.32. The summed E-state index contributed by atoms with van der Waals surface area (Å²) in [5.41, 5.74) is 5.05. The van der Waals surface area contributed by atoms with E-state index >= 15 is 0 Å². The van der Waals surface area contributed by atoms with Crippen molar-refractivity contribution in [1.29, 1.82) is 0 Å². The van der Waals surface area contributed by atoms with Gasteiger partial charge in [0, 0.05) is 30.9 Å². The molecule has 0 bridgehead atoms. The zero-order valence-corrected chi connectivity index (χ0v) is 17.8. The van der Waals surface area contributed by atoms with Gasteiger partial charge < -0.3 is 20.7 Å². The van der Waals surface area contributed by atoms with E-state index in [2.05, 4.69) is 5.32 Å². The van der Waals surface area contributed by atoms with Crippen LogP contribution >= 0.6 is 0 Å². The first-order valence-corrected chi connectivity index (χ1v) is 10.0. The SMILES string of the molecule is CC(C)CN(CC(F)(F)F)[C@@H](CN)C(=O)Nc1ccc(N2CCOCC2=O)c(C(F)F)c1. The number of carbonyl (C=O) groups excluding carboxylic acids is 2. The Morgan fingerprint density at radius 1 is 1.31 bits per heavy atom. The Kier molecular flexibility index (Phi) is 8.93. The first-order valence-electron chi connectivity index (χ1n) is 10.0. The number of halogens is 5. The third-order valence-corrected chi connectivity index (χ3v) is 4.76. The average Bonchev–Trinajstić information content (AvgIpc) is 2.67. The maximum absolute atomic E-state index is 13.7. The number of ether oxygens (including phenoxy) is 1. The van der Waals surface area contributed by atoms with E-state index in [1.165, 1.54) is 17.0 Å². The monoisotopic (exact) mass is 466 g/mol. The molecule has 1 aromatic rings. The summed E-state index contributed by atoms with van der Waals surface area (Å²) in [4.78, 5) is 26.8. The van der Waals surface area contributed by atoms with Crippen LogP contribution in [0.5, 0.6) is 0 Å². The molecule has 1 fully saturated rings. The number of benzene rings is 1. The molecule has 0 unspecified atom stereocenters. The topological polar surface area (TPSA) is 87.9 Å². The van der Waals surface area contributed by atoms with Gasteiger partial charge in [-0.25, -0.2) is 8.78 Å². The lowest BCUT2D eigenvalue weighted by molar-refractivity contribution is -0.154. The molecule has 2 amide bonds. The Bertz CT molecular complexity index is 804. The molecular weight excluding hydrogens is 439 g/mol. The molecule has 0 radical (unpaired) electrons. The summed E-state index contributed by atoms with van der Waals surface area (Å²) in [6.07, 6.45) is -7.50. The lowest BCUT2D eigenvalue weighted by atomic mass is 10.1. The normalized spacial score (nSPS) is 16.2. The summed E-state index contributed by atoms with van der Waals surface area (Å²) in [6.45, 7) is 1.71. The third-order valence-electron chi connectivity index (χ3n) is 4.76. The van der Waals surface area contributed by atoms with Gasteiger partial charge in [-0.15, -0.1) is 0 Å². The van der Waals surface area contributed by atoms with E-state index in [-0.39, 0.29) is 43.6 Å². The van der Waals surface area contributed by atoms with E-state index < -0.39 is 49.1 Å². The molecule has 1 atom stereocenters. The van der Waals surface area contributed by atoms with E-state index in [0.717, 1.165) is 11.0 Å². The van der Waals surface area contributed by atoms with Gasteiger partial charge in [0.05, 0.1) is 18.8 Å². The van der Waals surface area contributed by atoms with Crippen molar-refractivity contribution in [3.05, 3.63) is 23.8 Å².